The van der Waals surface area contributed by atoms with Crippen molar-refractivity contribution in [3.8, 4) is 11.1 Å². The van der Waals surface area contributed by atoms with Crippen molar-refractivity contribution in [2.24, 2.45) is 5.73 Å². The fourth-order valence-electron chi connectivity index (χ4n) is 4.09. The average Bonchev–Trinajstić information content (AvgIpc) is 3.41. The van der Waals surface area contributed by atoms with Crippen LogP contribution in [-0.4, -0.2) is 65.3 Å². The van der Waals surface area contributed by atoms with Gasteiger partial charge in [-0.3, -0.25) is 19.4 Å². The number of thioether (sulfide) groups is 1. The predicted octanol–water partition coefficient (Wildman–Crippen LogP) is 5.87. The van der Waals surface area contributed by atoms with Crippen molar-refractivity contribution in [3.05, 3.63) is 56.1 Å². The smallest absolute Gasteiger partial charge is 0.379 e. The molecule has 2 fully saturated rings. The zero-order chi connectivity index (χ0) is 29.9. The van der Waals surface area contributed by atoms with Gasteiger partial charge in [0.2, 0.25) is 5.91 Å². The van der Waals surface area contributed by atoms with Gasteiger partial charge >= 0.3 is 12.4 Å². The Labute approximate surface area is 244 Å². The number of halogens is 6. The number of hydrogen-bond donors (Lipinski definition) is 1. The number of amides is 2. The van der Waals surface area contributed by atoms with E-state index in [4.69, 9.17) is 22.7 Å². The topological polar surface area (TPSA) is 75.9 Å². The van der Waals surface area contributed by atoms with E-state index >= 15 is 0 Å². The Hall–Kier alpha value is -2.72. The van der Waals surface area contributed by atoms with Gasteiger partial charge in [-0.05, 0) is 42.0 Å². The molecule has 2 N–H and O–H groups in total. The number of nitrogens with zero attached hydrogens (tertiary/aromatic N) is 2. The van der Waals surface area contributed by atoms with E-state index < -0.39 is 35.3 Å². The lowest BCUT2D eigenvalue weighted by molar-refractivity contribution is -0.143. The number of rotatable bonds is 8. The molecule has 4 rings (SSSR count). The molecule has 15 heteroatoms. The molecule has 41 heavy (non-hydrogen) atoms. The first-order valence-electron chi connectivity index (χ1n) is 12.2. The van der Waals surface area contributed by atoms with E-state index in [0.29, 0.717) is 54.7 Å². The molecule has 0 bridgehead atoms. The standard InChI is InChI=1S/C26H23F6N3O3S3/c27-25(28,29)16-10-15(11-17(12-16)26(30,31)32)19-13-18(40-20(19)2-1-4-34-6-8-38-9-7-34)14-21-23(37)35(24(39)41-21)5-3-22(33)36/h1-2,10-14H,3-9H2,(H2,33,36). The number of ether oxygens (including phenoxy) is 1. The van der Waals surface area contributed by atoms with Crippen LogP contribution in [0.25, 0.3) is 23.3 Å². The van der Waals surface area contributed by atoms with Gasteiger partial charge in [0.05, 0.1) is 29.2 Å². The summed E-state index contributed by atoms with van der Waals surface area (Å²) in [6.07, 6.45) is -5.18. The minimum absolute atomic E-state index is 0.00693. The molecule has 1 aromatic carbocycles. The molecule has 0 saturated carbocycles. The lowest BCUT2D eigenvalue weighted by atomic mass is 9.99. The van der Waals surface area contributed by atoms with Crippen LogP contribution in [0.4, 0.5) is 26.3 Å². The van der Waals surface area contributed by atoms with Crippen LogP contribution >= 0.6 is 35.3 Å². The molecule has 0 atom stereocenters. The third-order valence-corrected chi connectivity index (χ3v) is 8.57. The summed E-state index contributed by atoms with van der Waals surface area (Å²) >= 11 is 7.31. The average molecular weight is 636 g/mol. The van der Waals surface area contributed by atoms with Gasteiger partial charge in [-0.1, -0.05) is 30.1 Å². The fraction of sp³-hybridized carbons (Fsp3) is 0.346. The maximum atomic E-state index is 13.6. The molecule has 0 spiro atoms. The summed E-state index contributed by atoms with van der Waals surface area (Å²) in [7, 11) is 0. The van der Waals surface area contributed by atoms with Gasteiger partial charge in [0.25, 0.3) is 5.91 Å². The molecule has 2 amide bonds. The highest BCUT2D eigenvalue weighted by Crippen LogP contribution is 2.42. The highest BCUT2D eigenvalue weighted by atomic mass is 32.2. The monoisotopic (exact) mass is 635 g/mol. The van der Waals surface area contributed by atoms with Crippen molar-refractivity contribution < 1.29 is 40.7 Å². The third kappa shape index (κ3) is 7.97. The number of carbonyl (C=O) groups excluding carboxylic acids is 2. The van der Waals surface area contributed by atoms with Crippen LogP contribution in [0.3, 0.4) is 0 Å². The number of nitrogens with two attached hydrogens (primary N) is 1. The van der Waals surface area contributed by atoms with Crippen LogP contribution in [0.5, 0.6) is 0 Å². The van der Waals surface area contributed by atoms with Crippen LogP contribution in [0.15, 0.2) is 35.2 Å². The summed E-state index contributed by atoms with van der Waals surface area (Å²) in [5, 5.41) is 0. The van der Waals surface area contributed by atoms with Crippen LogP contribution in [0.1, 0.15) is 27.3 Å². The van der Waals surface area contributed by atoms with Crippen LogP contribution < -0.4 is 5.73 Å². The molecule has 2 saturated heterocycles. The Kier molecular flexibility index (Phi) is 9.63. The van der Waals surface area contributed by atoms with Gasteiger partial charge in [-0.2, -0.15) is 26.3 Å². The zero-order valence-corrected chi connectivity index (χ0v) is 23.6. The molecule has 220 valence electrons. The number of thiophene rings is 1. The molecular formula is C26H23F6N3O3S3. The second-order valence-corrected chi connectivity index (χ2v) is 11.9. The van der Waals surface area contributed by atoms with Crippen molar-refractivity contribution in [2.45, 2.75) is 18.8 Å². The van der Waals surface area contributed by atoms with Gasteiger partial charge in [0.1, 0.15) is 4.32 Å². The second kappa shape index (κ2) is 12.7. The summed E-state index contributed by atoms with van der Waals surface area (Å²) in [6.45, 7) is 2.99. The van der Waals surface area contributed by atoms with Crippen molar-refractivity contribution in [3.63, 3.8) is 0 Å². The van der Waals surface area contributed by atoms with E-state index in [-0.39, 0.29) is 39.4 Å². The Balaban J connectivity index is 1.74. The first-order valence-corrected chi connectivity index (χ1v) is 14.2. The summed E-state index contributed by atoms with van der Waals surface area (Å²) in [6, 6.07) is 2.90. The molecule has 0 unspecified atom stereocenters. The van der Waals surface area contributed by atoms with E-state index in [1.54, 1.807) is 12.2 Å². The zero-order valence-electron chi connectivity index (χ0n) is 21.2. The quantitative estimate of drug-likeness (QED) is 0.222. The largest absolute Gasteiger partial charge is 0.416 e. The summed E-state index contributed by atoms with van der Waals surface area (Å²) in [5.74, 6) is -1.09. The minimum Gasteiger partial charge on any atom is -0.379 e. The van der Waals surface area contributed by atoms with Crippen molar-refractivity contribution in [1.82, 2.24) is 9.80 Å². The summed E-state index contributed by atoms with van der Waals surface area (Å²) in [5.41, 5.74) is 2.21. The van der Waals surface area contributed by atoms with E-state index in [0.717, 1.165) is 23.1 Å². The molecule has 0 radical (unpaired) electrons. The van der Waals surface area contributed by atoms with Gasteiger partial charge in [0, 0.05) is 47.9 Å². The van der Waals surface area contributed by atoms with Gasteiger partial charge in [0.15, 0.2) is 0 Å². The predicted molar refractivity (Wildman–Crippen MR) is 150 cm³/mol. The number of carbonyl (C=O) groups is 2. The number of hydrogen-bond acceptors (Lipinski definition) is 7. The molecule has 2 aromatic rings. The normalized spacial score (nSPS) is 18.3. The SMILES string of the molecule is NC(=O)CCN1C(=O)C(=Cc2cc(-c3cc(C(F)(F)F)cc(C(F)(F)F)c3)c(C=CCN3CCOCC3)s2)SC1=S. The van der Waals surface area contributed by atoms with Crippen LogP contribution in [-0.2, 0) is 26.7 Å². The Morgan fingerprint density at radius 2 is 1.68 bits per heavy atom. The molecular weight excluding hydrogens is 612 g/mol. The van der Waals surface area contributed by atoms with E-state index in [1.165, 1.54) is 17.0 Å². The first kappa shape index (κ1) is 31.2. The van der Waals surface area contributed by atoms with Crippen molar-refractivity contribution >= 4 is 63.6 Å². The number of thiocarbonyl (C=S) groups is 1. The molecule has 2 aliphatic rings. The lowest BCUT2D eigenvalue weighted by Gasteiger charge is -2.25. The molecule has 3 heterocycles. The maximum Gasteiger partial charge on any atom is 0.416 e. The highest BCUT2D eigenvalue weighted by Gasteiger charge is 2.37. The lowest BCUT2D eigenvalue weighted by Crippen LogP contribution is -2.36. The van der Waals surface area contributed by atoms with Crippen LogP contribution in [0, 0.1) is 0 Å². The van der Waals surface area contributed by atoms with Crippen molar-refractivity contribution in [2.75, 3.05) is 39.4 Å². The number of morpholine rings is 1. The molecule has 1 aromatic heterocycles. The summed E-state index contributed by atoms with van der Waals surface area (Å²) < 4.78 is 87.0. The molecule has 2 aliphatic heterocycles. The minimum atomic E-state index is -5.00. The maximum absolute atomic E-state index is 13.6. The van der Waals surface area contributed by atoms with Gasteiger partial charge < -0.3 is 10.5 Å². The number of alkyl halides is 6. The molecule has 6 nitrogen and oxygen atoms in total. The van der Waals surface area contributed by atoms with Gasteiger partial charge in [-0.15, -0.1) is 11.3 Å². The summed E-state index contributed by atoms with van der Waals surface area (Å²) in [4.78, 5) is 28.4. The fourth-order valence-corrected chi connectivity index (χ4v) is 6.52. The van der Waals surface area contributed by atoms with E-state index in [2.05, 4.69) is 4.90 Å². The van der Waals surface area contributed by atoms with Crippen LogP contribution in [0.2, 0.25) is 0 Å². The highest BCUT2D eigenvalue weighted by molar-refractivity contribution is 8.26. The third-order valence-electron chi connectivity index (χ3n) is 6.14. The Morgan fingerprint density at radius 3 is 2.27 bits per heavy atom. The van der Waals surface area contributed by atoms with Crippen molar-refractivity contribution in [1.29, 1.82) is 0 Å². The number of benzene rings is 1. The second-order valence-electron chi connectivity index (χ2n) is 9.09. The Morgan fingerprint density at radius 1 is 1.05 bits per heavy atom. The number of primary amides is 1. The molecule has 0 aliphatic carbocycles. The van der Waals surface area contributed by atoms with E-state index in [9.17, 15) is 35.9 Å². The Bertz CT molecular complexity index is 1360. The first-order chi connectivity index (χ1) is 19.2. The van der Waals surface area contributed by atoms with Gasteiger partial charge in [-0.25, -0.2) is 0 Å². The van der Waals surface area contributed by atoms with E-state index in [1.807, 2.05) is 0 Å².